The second-order valence-corrected chi connectivity index (χ2v) is 6.74. The molecule has 0 unspecified atom stereocenters. The molecule has 2 aromatic heterocycles. The maximum atomic E-state index is 13.0. The van der Waals surface area contributed by atoms with Crippen LogP contribution in [0.5, 0.6) is 0 Å². The van der Waals surface area contributed by atoms with E-state index >= 15 is 0 Å². The van der Waals surface area contributed by atoms with Crippen LogP contribution in [-0.2, 0) is 18.5 Å². The molecule has 0 atom stereocenters. The molecule has 4 rings (SSSR count). The predicted molar refractivity (Wildman–Crippen MR) is 102 cm³/mol. The van der Waals surface area contributed by atoms with Crippen molar-refractivity contribution in [2.45, 2.75) is 18.5 Å². The molecule has 154 valence electrons. The Morgan fingerprint density at radius 2 is 1.63 bits per heavy atom. The predicted octanol–water partition coefficient (Wildman–Crippen LogP) is 2.83. The van der Waals surface area contributed by atoms with E-state index in [4.69, 9.17) is 16.1 Å². The highest BCUT2D eigenvalue weighted by Crippen LogP contribution is 2.32. The summed E-state index contributed by atoms with van der Waals surface area (Å²) >= 11 is 4.85. The molecule has 0 bridgehead atoms. The molecule has 0 saturated carbocycles. The van der Waals surface area contributed by atoms with Crippen LogP contribution in [0.25, 0.3) is 11.4 Å². The molecule has 2 heterocycles. The van der Waals surface area contributed by atoms with E-state index in [2.05, 4.69) is 30.5 Å². The maximum Gasteiger partial charge on any atom is 0.400 e. The van der Waals surface area contributed by atoms with Gasteiger partial charge in [0.15, 0.2) is 0 Å². The normalized spacial score (nSPS) is 11.7. The largest absolute Gasteiger partial charge is 0.400 e. The van der Waals surface area contributed by atoms with Crippen molar-refractivity contribution in [3.8, 4) is 11.4 Å². The summed E-state index contributed by atoms with van der Waals surface area (Å²) in [5, 5.41) is 9.09. The summed E-state index contributed by atoms with van der Waals surface area (Å²) in [5.41, 5.74) is 1.10. The molecule has 2 N–H and O–H groups in total. The number of rotatable bonds is 8. The molecule has 30 heavy (non-hydrogen) atoms. The highest BCUT2D eigenvalue weighted by atomic mass is 35.5. The summed E-state index contributed by atoms with van der Waals surface area (Å²) in [6.45, 7) is 0.538. The van der Waals surface area contributed by atoms with Gasteiger partial charge < -0.3 is 19.7 Å². The van der Waals surface area contributed by atoms with E-state index in [1.807, 2.05) is 0 Å². The van der Waals surface area contributed by atoms with Crippen molar-refractivity contribution in [1.82, 2.24) is 15.3 Å². The smallest absolute Gasteiger partial charge is 0.376 e. The maximum absolute atomic E-state index is 13.0. The highest BCUT2D eigenvalue weighted by Gasteiger charge is 2.35. The van der Waals surface area contributed by atoms with Crippen LogP contribution in [0.4, 0.5) is 20.2 Å². The Morgan fingerprint density at radius 3 is 2.17 bits per heavy atom. The standard InChI is InChI=1S/C18H12ClF2N5O4/c19-18(20,21)17-25-16(26-30-17)11-3-1-9(2-4-11)5-22-12-13(15(28)14(12)27)23-6-10-7-24-29-8-10/h1-4,7-8,22-23H,5-6H2. The molecular weight excluding hydrogens is 424 g/mol. The van der Waals surface area contributed by atoms with E-state index in [1.54, 1.807) is 24.3 Å². The fourth-order valence-corrected chi connectivity index (χ4v) is 2.73. The van der Waals surface area contributed by atoms with Gasteiger partial charge in [-0.1, -0.05) is 34.6 Å². The molecule has 0 amide bonds. The van der Waals surface area contributed by atoms with Crippen LogP contribution in [-0.4, -0.2) is 15.3 Å². The number of anilines is 2. The van der Waals surface area contributed by atoms with Crippen molar-refractivity contribution in [2.24, 2.45) is 0 Å². The highest BCUT2D eigenvalue weighted by molar-refractivity contribution is 6.21. The van der Waals surface area contributed by atoms with Gasteiger partial charge in [0.05, 0.1) is 6.20 Å². The van der Waals surface area contributed by atoms with E-state index < -0.39 is 22.1 Å². The topological polar surface area (TPSA) is 123 Å². The van der Waals surface area contributed by atoms with Crippen LogP contribution in [0.15, 0.2) is 55.4 Å². The van der Waals surface area contributed by atoms with Crippen LogP contribution in [0.1, 0.15) is 17.0 Å². The Hall–Kier alpha value is -3.60. The minimum absolute atomic E-state index is 0.0347. The van der Waals surface area contributed by atoms with Gasteiger partial charge in [-0.05, 0) is 17.2 Å². The summed E-state index contributed by atoms with van der Waals surface area (Å²) in [4.78, 5) is 27.2. The Labute approximate surface area is 171 Å². The van der Waals surface area contributed by atoms with Crippen molar-refractivity contribution >= 4 is 23.0 Å². The molecule has 0 aliphatic rings. The second kappa shape index (κ2) is 7.67. The zero-order valence-electron chi connectivity index (χ0n) is 15.0. The fourth-order valence-electron chi connectivity index (χ4n) is 2.65. The van der Waals surface area contributed by atoms with Crippen molar-refractivity contribution in [3.63, 3.8) is 0 Å². The van der Waals surface area contributed by atoms with Gasteiger partial charge in [-0.2, -0.15) is 13.8 Å². The van der Waals surface area contributed by atoms with Gasteiger partial charge in [0, 0.05) is 24.2 Å². The first-order valence-corrected chi connectivity index (χ1v) is 8.90. The van der Waals surface area contributed by atoms with Crippen molar-refractivity contribution in [3.05, 3.63) is 74.2 Å². The molecular formula is C18H12ClF2N5O4. The van der Waals surface area contributed by atoms with Crippen molar-refractivity contribution in [1.29, 1.82) is 0 Å². The van der Waals surface area contributed by atoms with E-state index in [-0.39, 0.29) is 30.3 Å². The van der Waals surface area contributed by atoms with E-state index in [0.717, 1.165) is 11.1 Å². The Balaban J connectivity index is 1.40. The molecule has 0 aliphatic heterocycles. The molecule has 2 aromatic carbocycles. The number of hydrogen-bond acceptors (Lipinski definition) is 9. The number of nitrogens with zero attached hydrogens (tertiary/aromatic N) is 3. The first kappa shape index (κ1) is 19.7. The molecule has 0 spiro atoms. The lowest BCUT2D eigenvalue weighted by Gasteiger charge is -2.14. The number of alkyl halides is 3. The third kappa shape index (κ3) is 3.92. The number of nitrogens with one attached hydrogen (secondary N) is 2. The average Bonchev–Trinajstić information content (AvgIpc) is 3.42. The molecule has 4 aromatic rings. The summed E-state index contributed by atoms with van der Waals surface area (Å²) < 4.78 is 35.1. The average molecular weight is 436 g/mol. The number of hydrogen-bond donors (Lipinski definition) is 2. The first-order valence-electron chi connectivity index (χ1n) is 8.52. The van der Waals surface area contributed by atoms with Crippen LogP contribution < -0.4 is 21.5 Å². The zero-order chi connectivity index (χ0) is 21.3. The monoisotopic (exact) mass is 435 g/mol. The third-order valence-electron chi connectivity index (χ3n) is 4.21. The lowest BCUT2D eigenvalue weighted by Crippen LogP contribution is -2.37. The molecule has 0 radical (unpaired) electrons. The van der Waals surface area contributed by atoms with Crippen LogP contribution >= 0.6 is 11.6 Å². The summed E-state index contributed by atoms with van der Waals surface area (Å²) in [7, 11) is 0. The van der Waals surface area contributed by atoms with Gasteiger partial charge >= 0.3 is 11.3 Å². The Bertz CT molecular complexity index is 1230. The molecule has 12 heteroatoms. The number of benzene rings is 1. The minimum Gasteiger partial charge on any atom is -0.376 e. The van der Waals surface area contributed by atoms with E-state index in [0.29, 0.717) is 5.56 Å². The number of aromatic nitrogens is 3. The van der Waals surface area contributed by atoms with Crippen LogP contribution in [0, 0.1) is 0 Å². The fraction of sp³-hybridized carbons (Fsp3) is 0.167. The quantitative estimate of drug-likeness (QED) is 0.317. The zero-order valence-corrected chi connectivity index (χ0v) is 15.7. The lowest BCUT2D eigenvalue weighted by molar-refractivity contribution is 0.0551. The third-order valence-corrected chi connectivity index (χ3v) is 4.37. The van der Waals surface area contributed by atoms with Gasteiger partial charge in [0.25, 0.3) is 10.9 Å². The Kier molecular flexibility index (Phi) is 5.04. The van der Waals surface area contributed by atoms with Crippen molar-refractivity contribution < 1.29 is 17.8 Å². The van der Waals surface area contributed by atoms with Crippen LogP contribution in [0.2, 0.25) is 0 Å². The summed E-state index contributed by atoms with van der Waals surface area (Å²) in [6, 6.07) is 6.58. The minimum atomic E-state index is -3.74. The van der Waals surface area contributed by atoms with Gasteiger partial charge in [-0.25, -0.2) is 0 Å². The van der Waals surface area contributed by atoms with Crippen molar-refractivity contribution in [2.75, 3.05) is 10.6 Å². The number of halogens is 3. The summed E-state index contributed by atoms with van der Waals surface area (Å²) in [6.07, 6.45) is 2.92. The van der Waals surface area contributed by atoms with E-state index in [9.17, 15) is 18.4 Å². The van der Waals surface area contributed by atoms with Gasteiger partial charge in [-0.3, -0.25) is 9.59 Å². The second-order valence-electron chi connectivity index (χ2n) is 6.27. The first-order chi connectivity index (χ1) is 14.3. The Morgan fingerprint density at radius 1 is 1.00 bits per heavy atom. The van der Waals surface area contributed by atoms with Gasteiger partial charge in [0.1, 0.15) is 17.6 Å². The molecule has 0 aliphatic carbocycles. The molecule has 0 fully saturated rings. The van der Waals surface area contributed by atoms with Gasteiger partial charge in [-0.15, -0.1) is 0 Å². The van der Waals surface area contributed by atoms with E-state index in [1.165, 1.54) is 12.5 Å². The molecule has 0 saturated heterocycles. The summed E-state index contributed by atoms with van der Waals surface area (Å²) in [5.74, 6) is -1.02. The molecule has 9 nitrogen and oxygen atoms in total. The van der Waals surface area contributed by atoms with Crippen LogP contribution in [0.3, 0.4) is 0 Å². The lowest BCUT2D eigenvalue weighted by atomic mass is 10.1. The van der Waals surface area contributed by atoms with Gasteiger partial charge in [0.2, 0.25) is 5.82 Å². The SMILES string of the molecule is O=c1c(NCc2ccc(-c3noc(C(F)(F)Cl)n3)cc2)c(NCc2cnoc2)c1=O.